The van der Waals surface area contributed by atoms with Crippen molar-refractivity contribution < 1.29 is 14.6 Å². The summed E-state index contributed by atoms with van der Waals surface area (Å²) >= 11 is 0. The van der Waals surface area contributed by atoms with Gasteiger partial charge in [0.25, 0.3) is 0 Å². The van der Waals surface area contributed by atoms with E-state index in [1.807, 2.05) is 0 Å². The third-order valence-corrected chi connectivity index (χ3v) is 6.97. The zero-order valence-corrected chi connectivity index (χ0v) is 14.6. The largest absolute Gasteiger partial charge is 0.462 e. The zero-order valence-electron chi connectivity index (χ0n) is 14.6. The number of hydrogen-bond donors (Lipinski definition) is 1. The van der Waals surface area contributed by atoms with Crippen LogP contribution in [0.2, 0.25) is 0 Å². The van der Waals surface area contributed by atoms with Crippen molar-refractivity contribution in [1.82, 2.24) is 0 Å². The number of carbonyl (C=O) groups excluding carboxylic acids is 1. The Kier molecular flexibility index (Phi) is 4.43. The fourth-order valence-corrected chi connectivity index (χ4v) is 5.60. The minimum absolute atomic E-state index is 0.0331. The third-order valence-electron chi connectivity index (χ3n) is 6.97. The molecule has 1 heterocycles. The topological polar surface area (TPSA) is 46.5 Å². The molecule has 2 aliphatic carbocycles. The minimum atomic E-state index is -0.142. The van der Waals surface area contributed by atoms with Gasteiger partial charge in [-0.3, -0.25) is 0 Å². The monoisotopic (exact) mass is 318 g/mol. The predicted octanol–water partition coefficient (Wildman–Crippen LogP) is 4.02. The molecule has 4 atom stereocenters. The molecule has 1 aliphatic heterocycles. The molecule has 23 heavy (non-hydrogen) atoms. The molecular formula is C20H30O3. The van der Waals surface area contributed by atoms with Crippen molar-refractivity contribution >= 4 is 5.97 Å². The number of hydrogen-bond acceptors (Lipinski definition) is 3. The van der Waals surface area contributed by atoms with E-state index in [-0.39, 0.29) is 23.4 Å². The lowest BCUT2D eigenvalue weighted by atomic mass is 9.47. The number of aliphatic hydroxyl groups is 1. The molecule has 1 saturated heterocycles. The molecule has 0 spiro atoms. The van der Waals surface area contributed by atoms with Crippen LogP contribution in [-0.2, 0) is 9.53 Å². The smallest absolute Gasteiger partial charge is 0.333 e. The maximum atomic E-state index is 11.7. The van der Waals surface area contributed by atoms with Gasteiger partial charge in [0.15, 0.2) is 0 Å². The Labute approximate surface area is 139 Å². The van der Waals surface area contributed by atoms with E-state index in [0.717, 1.165) is 37.7 Å². The van der Waals surface area contributed by atoms with Crippen LogP contribution in [0.3, 0.4) is 0 Å². The van der Waals surface area contributed by atoms with E-state index < -0.39 is 0 Å². The fourth-order valence-electron chi connectivity index (χ4n) is 5.60. The predicted molar refractivity (Wildman–Crippen MR) is 90.8 cm³/mol. The number of esters is 1. The summed E-state index contributed by atoms with van der Waals surface area (Å²) in [5, 5.41) is 10.00. The molecule has 2 saturated carbocycles. The first-order chi connectivity index (χ1) is 10.9. The molecule has 0 aromatic rings. The zero-order chi connectivity index (χ0) is 16.7. The van der Waals surface area contributed by atoms with Gasteiger partial charge in [-0.15, -0.1) is 0 Å². The molecule has 128 valence electrons. The Balaban J connectivity index is 1.85. The number of aliphatic hydroxyl groups excluding tert-OH is 1. The van der Waals surface area contributed by atoms with Crippen LogP contribution in [0, 0.1) is 22.7 Å². The normalized spacial score (nSPS) is 42.7. The van der Waals surface area contributed by atoms with Crippen molar-refractivity contribution in [3.8, 4) is 0 Å². The van der Waals surface area contributed by atoms with Gasteiger partial charge in [-0.1, -0.05) is 38.5 Å². The third kappa shape index (κ3) is 2.77. The summed E-state index contributed by atoms with van der Waals surface area (Å²) in [6.45, 7) is 9.82. The van der Waals surface area contributed by atoms with Crippen molar-refractivity contribution in [2.24, 2.45) is 22.7 Å². The standard InChI is InChI=1S/C20H30O3/c1-14-5-8-17-19(2,13-21)10-4-11-20(17,3)16(14)7-6-15-9-12-23-18(15)22/h6,16-17,21H,1,4-5,7-13H2,2-3H3/b15-6+/t16?,17?,19-,20?/m0/s1. The molecule has 0 aromatic carbocycles. The summed E-state index contributed by atoms with van der Waals surface area (Å²) in [6.07, 6.45) is 9.41. The first-order valence-corrected chi connectivity index (χ1v) is 9.05. The molecule has 3 aliphatic rings. The molecule has 0 amide bonds. The highest BCUT2D eigenvalue weighted by Crippen LogP contribution is 2.61. The summed E-state index contributed by atoms with van der Waals surface area (Å²) in [4.78, 5) is 11.7. The lowest BCUT2D eigenvalue weighted by Crippen LogP contribution is -2.51. The molecule has 0 bridgehead atoms. The van der Waals surface area contributed by atoms with Crippen molar-refractivity contribution in [3.63, 3.8) is 0 Å². The summed E-state index contributed by atoms with van der Waals surface area (Å²) in [6, 6.07) is 0. The van der Waals surface area contributed by atoms with E-state index in [1.165, 1.54) is 18.4 Å². The van der Waals surface area contributed by atoms with Gasteiger partial charge in [0.1, 0.15) is 0 Å². The van der Waals surface area contributed by atoms with Crippen molar-refractivity contribution in [3.05, 3.63) is 23.8 Å². The molecule has 1 N–H and O–H groups in total. The SMILES string of the molecule is C=C1CCC2C(C)(CCC[C@@]2(C)CO)C1C/C=C1\CCOC1=O. The van der Waals surface area contributed by atoms with Crippen LogP contribution in [0.5, 0.6) is 0 Å². The Morgan fingerprint density at radius 2 is 2.13 bits per heavy atom. The lowest BCUT2D eigenvalue weighted by molar-refractivity contribution is -0.135. The highest BCUT2D eigenvalue weighted by atomic mass is 16.5. The van der Waals surface area contributed by atoms with Gasteiger partial charge in [-0.05, 0) is 54.8 Å². The van der Waals surface area contributed by atoms with Crippen molar-refractivity contribution in [2.75, 3.05) is 13.2 Å². The first-order valence-electron chi connectivity index (χ1n) is 9.05. The molecule has 3 rings (SSSR count). The molecule has 3 unspecified atom stereocenters. The molecule has 3 nitrogen and oxygen atoms in total. The van der Waals surface area contributed by atoms with E-state index in [9.17, 15) is 9.90 Å². The van der Waals surface area contributed by atoms with Gasteiger partial charge in [0, 0.05) is 18.6 Å². The van der Waals surface area contributed by atoms with Gasteiger partial charge in [-0.25, -0.2) is 4.79 Å². The van der Waals surface area contributed by atoms with Gasteiger partial charge in [-0.2, -0.15) is 0 Å². The second kappa shape index (κ2) is 6.08. The number of carbonyl (C=O) groups is 1. The van der Waals surface area contributed by atoms with Gasteiger partial charge >= 0.3 is 5.97 Å². The first kappa shape index (κ1) is 16.8. The Morgan fingerprint density at radius 3 is 2.78 bits per heavy atom. The van der Waals surface area contributed by atoms with Gasteiger partial charge < -0.3 is 9.84 Å². The van der Waals surface area contributed by atoms with Crippen molar-refractivity contribution in [1.29, 1.82) is 0 Å². The van der Waals surface area contributed by atoms with Crippen LogP contribution in [0.15, 0.2) is 23.8 Å². The lowest BCUT2D eigenvalue weighted by Gasteiger charge is -2.58. The van der Waals surface area contributed by atoms with Crippen molar-refractivity contribution in [2.45, 2.75) is 58.8 Å². The molecular weight excluding hydrogens is 288 g/mol. The number of cyclic esters (lactones) is 1. The summed E-state index contributed by atoms with van der Waals surface area (Å²) in [5.41, 5.74) is 2.38. The number of fused-ring (bicyclic) bond motifs is 1. The molecule has 3 fully saturated rings. The number of allylic oxidation sites excluding steroid dienone is 2. The van der Waals surface area contributed by atoms with E-state index in [1.54, 1.807) is 0 Å². The maximum absolute atomic E-state index is 11.7. The Morgan fingerprint density at radius 1 is 1.35 bits per heavy atom. The van der Waals surface area contributed by atoms with Gasteiger partial charge in [0.2, 0.25) is 0 Å². The number of ether oxygens (including phenoxy) is 1. The summed E-state index contributed by atoms with van der Waals surface area (Å²) in [7, 11) is 0. The molecule has 3 heteroatoms. The maximum Gasteiger partial charge on any atom is 0.333 e. The second-order valence-electron chi connectivity index (χ2n) is 8.32. The average Bonchev–Trinajstić information content (AvgIpc) is 2.91. The highest BCUT2D eigenvalue weighted by Gasteiger charge is 2.53. The number of rotatable bonds is 3. The molecule has 0 radical (unpaired) electrons. The Hall–Kier alpha value is -1.09. The molecule has 0 aromatic heterocycles. The van der Waals surface area contributed by atoms with Crippen LogP contribution in [0.25, 0.3) is 0 Å². The Bertz CT molecular complexity index is 535. The van der Waals surface area contributed by atoms with Crippen LogP contribution < -0.4 is 0 Å². The highest BCUT2D eigenvalue weighted by molar-refractivity contribution is 5.90. The second-order valence-corrected chi connectivity index (χ2v) is 8.32. The quantitative estimate of drug-likeness (QED) is 0.486. The fraction of sp³-hybridized carbons (Fsp3) is 0.750. The van der Waals surface area contributed by atoms with E-state index in [2.05, 4.69) is 26.5 Å². The van der Waals surface area contributed by atoms with Gasteiger partial charge in [0.05, 0.1) is 6.61 Å². The summed E-state index contributed by atoms with van der Waals surface area (Å²) < 4.78 is 5.05. The van der Waals surface area contributed by atoms with E-state index in [4.69, 9.17) is 4.74 Å². The van der Waals surface area contributed by atoms with E-state index >= 15 is 0 Å². The summed E-state index contributed by atoms with van der Waals surface area (Å²) in [5.74, 6) is 0.809. The van der Waals surface area contributed by atoms with Crippen LogP contribution in [0.1, 0.15) is 58.8 Å². The van der Waals surface area contributed by atoms with Crippen LogP contribution in [0.4, 0.5) is 0 Å². The van der Waals surface area contributed by atoms with Crippen LogP contribution in [-0.4, -0.2) is 24.3 Å². The van der Waals surface area contributed by atoms with E-state index in [0.29, 0.717) is 18.4 Å². The van der Waals surface area contributed by atoms with Crippen LogP contribution >= 0.6 is 0 Å². The minimum Gasteiger partial charge on any atom is -0.462 e. The average molecular weight is 318 g/mol.